The highest BCUT2D eigenvalue weighted by molar-refractivity contribution is 8.00. The molecule has 2 rings (SSSR count). The van der Waals surface area contributed by atoms with Crippen LogP contribution in [0.1, 0.15) is 16.8 Å². The number of benzene rings is 1. The fourth-order valence-electron chi connectivity index (χ4n) is 1.42. The first-order valence-corrected chi connectivity index (χ1v) is 7.34. The number of nitrogens with zero attached hydrogens (tertiary/aromatic N) is 1. The number of carbonyl (C=O) groups is 1. The second-order valence-corrected chi connectivity index (χ2v) is 6.03. The minimum atomic E-state index is -0.838. The van der Waals surface area contributed by atoms with Gasteiger partial charge in [-0.3, -0.25) is 4.79 Å². The number of thiazole rings is 1. The predicted octanol–water partition coefficient (Wildman–Crippen LogP) is 3.37. The molecule has 0 fully saturated rings. The van der Waals surface area contributed by atoms with Gasteiger partial charge >= 0.3 is 5.97 Å². The molecule has 0 saturated heterocycles. The van der Waals surface area contributed by atoms with Crippen LogP contribution in [0.4, 0.5) is 0 Å². The summed E-state index contributed by atoms with van der Waals surface area (Å²) in [6, 6.07) is 8.39. The van der Waals surface area contributed by atoms with Crippen LogP contribution in [0.2, 0.25) is 0 Å². The summed E-state index contributed by atoms with van der Waals surface area (Å²) >= 11 is 3.14. The average molecular weight is 279 g/mol. The standard InChI is InChI=1S/C13H13NO2S2/c1-9-2-4-10(5-3-9)7-17-13-14-11(8-18-13)6-12(15)16/h2-5,8H,6-7H2,1H3,(H,15,16). The predicted molar refractivity (Wildman–Crippen MR) is 74.2 cm³/mol. The van der Waals surface area contributed by atoms with Crippen molar-refractivity contribution < 1.29 is 9.90 Å². The van der Waals surface area contributed by atoms with Gasteiger partial charge in [-0.1, -0.05) is 41.6 Å². The summed E-state index contributed by atoms with van der Waals surface area (Å²) in [6.45, 7) is 2.07. The highest BCUT2D eigenvalue weighted by Gasteiger charge is 2.06. The van der Waals surface area contributed by atoms with Gasteiger partial charge < -0.3 is 5.11 Å². The third-order valence-corrected chi connectivity index (χ3v) is 4.49. The molecule has 1 aromatic carbocycles. The molecule has 1 heterocycles. The van der Waals surface area contributed by atoms with Crippen molar-refractivity contribution in [2.75, 3.05) is 0 Å². The number of hydrogen-bond donors (Lipinski definition) is 1. The SMILES string of the molecule is Cc1ccc(CSc2nc(CC(=O)O)cs2)cc1. The summed E-state index contributed by atoms with van der Waals surface area (Å²) in [7, 11) is 0. The molecule has 0 saturated carbocycles. The van der Waals surface area contributed by atoms with Gasteiger partial charge in [-0.2, -0.15) is 0 Å². The Morgan fingerprint density at radius 2 is 2.11 bits per heavy atom. The minimum Gasteiger partial charge on any atom is -0.481 e. The molecule has 2 aromatic rings. The Bertz CT molecular complexity index is 534. The van der Waals surface area contributed by atoms with Crippen LogP contribution >= 0.6 is 23.1 Å². The van der Waals surface area contributed by atoms with Crippen LogP contribution in [0.15, 0.2) is 34.0 Å². The summed E-state index contributed by atoms with van der Waals surface area (Å²) < 4.78 is 0.923. The second-order valence-electron chi connectivity index (χ2n) is 3.95. The Hall–Kier alpha value is -1.33. The molecular formula is C13H13NO2S2. The van der Waals surface area contributed by atoms with Crippen LogP contribution in [-0.2, 0) is 17.0 Å². The fourth-order valence-corrected chi connectivity index (χ4v) is 3.22. The number of carboxylic acids is 1. The fraction of sp³-hybridized carbons (Fsp3) is 0.231. The normalized spacial score (nSPS) is 10.5. The molecule has 3 nitrogen and oxygen atoms in total. The van der Waals surface area contributed by atoms with E-state index < -0.39 is 5.97 Å². The summed E-state index contributed by atoms with van der Waals surface area (Å²) in [6.07, 6.45) is 0.00158. The van der Waals surface area contributed by atoms with Gasteiger partial charge in [-0.15, -0.1) is 11.3 Å². The molecule has 18 heavy (non-hydrogen) atoms. The first kappa shape index (κ1) is 13.1. The maximum absolute atomic E-state index is 10.5. The van der Waals surface area contributed by atoms with Crippen LogP contribution in [0.5, 0.6) is 0 Å². The Morgan fingerprint density at radius 3 is 2.78 bits per heavy atom. The van der Waals surface area contributed by atoms with E-state index in [1.165, 1.54) is 22.5 Å². The summed E-state index contributed by atoms with van der Waals surface area (Å²) in [5, 5.41) is 10.5. The molecule has 0 amide bonds. The van der Waals surface area contributed by atoms with Crippen molar-refractivity contribution in [3.05, 3.63) is 46.5 Å². The Labute approximate surface area is 114 Å². The van der Waals surface area contributed by atoms with E-state index in [4.69, 9.17) is 5.11 Å². The van der Waals surface area contributed by atoms with E-state index in [0.717, 1.165) is 10.1 Å². The lowest BCUT2D eigenvalue weighted by Gasteiger charge is -1.99. The van der Waals surface area contributed by atoms with Gasteiger partial charge in [-0.05, 0) is 12.5 Å². The van der Waals surface area contributed by atoms with Crippen LogP contribution in [0.25, 0.3) is 0 Å². The van der Waals surface area contributed by atoms with Gasteiger partial charge in [-0.25, -0.2) is 4.98 Å². The monoisotopic (exact) mass is 279 g/mol. The lowest BCUT2D eigenvalue weighted by molar-refractivity contribution is -0.136. The van der Waals surface area contributed by atoms with Gasteiger partial charge in [0.2, 0.25) is 0 Å². The summed E-state index contributed by atoms with van der Waals surface area (Å²) in [4.78, 5) is 14.8. The quantitative estimate of drug-likeness (QED) is 0.853. The molecule has 0 unspecified atom stereocenters. The zero-order valence-electron chi connectivity index (χ0n) is 9.92. The highest BCUT2D eigenvalue weighted by Crippen LogP contribution is 2.26. The smallest absolute Gasteiger partial charge is 0.309 e. The molecule has 0 aliphatic heterocycles. The lowest BCUT2D eigenvalue weighted by atomic mass is 10.2. The number of aliphatic carboxylic acids is 1. The Kier molecular flexibility index (Phi) is 4.38. The van der Waals surface area contributed by atoms with Crippen molar-refractivity contribution in [3.63, 3.8) is 0 Å². The molecule has 0 radical (unpaired) electrons. The van der Waals surface area contributed by atoms with Gasteiger partial charge in [0.15, 0.2) is 0 Å². The number of aryl methyl sites for hydroxylation is 1. The van der Waals surface area contributed by atoms with Gasteiger partial charge in [0.25, 0.3) is 0 Å². The van der Waals surface area contributed by atoms with Crippen LogP contribution in [0.3, 0.4) is 0 Å². The van der Waals surface area contributed by atoms with Crippen molar-refractivity contribution in [2.24, 2.45) is 0 Å². The first-order valence-electron chi connectivity index (χ1n) is 5.48. The number of carboxylic acid groups (broad SMARTS) is 1. The molecule has 1 N–H and O–H groups in total. The molecule has 0 atom stereocenters. The zero-order valence-corrected chi connectivity index (χ0v) is 11.6. The van der Waals surface area contributed by atoms with E-state index in [1.54, 1.807) is 11.8 Å². The van der Waals surface area contributed by atoms with Crippen molar-refractivity contribution in [1.82, 2.24) is 4.98 Å². The van der Waals surface area contributed by atoms with E-state index in [0.29, 0.717) is 5.69 Å². The Morgan fingerprint density at radius 1 is 1.39 bits per heavy atom. The number of rotatable bonds is 5. The third kappa shape index (κ3) is 3.85. The van der Waals surface area contributed by atoms with Gasteiger partial charge in [0.05, 0.1) is 12.1 Å². The molecule has 1 aromatic heterocycles. The molecule has 0 aliphatic rings. The molecule has 0 aliphatic carbocycles. The third-order valence-electron chi connectivity index (χ3n) is 2.35. The van der Waals surface area contributed by atoms with E-state index in [2.05, 4.69) is 36.2 Å². The second kappa shape index (κ2) is 6.02. The Balaban J connectivity index is 1.92. The zero-order chi connectivity index (χ0) is 13.0. The highest BCUT2D eigenvalue weighted by atomic mass is 32.2. The topological polar surface area (TPSA) is 50.2 Å². The number of thioether (sulfide) groups is 1. The molecule has 0 spiro atoms. The number of hydrogen-bond acceptors (Lipinski definition) is 4. The van der Waals surface area contributed by atoms with Gasteiger partial charge in [0, 0.05) is 11.1 Å². The van der Waals surface area contributed by atoms with E-state index in [9.17, 15) is 4.79 Å². The van der Waals surface area contributed by atoms with E-state index in [-0.39, 0.29) is 6.42 Å². The maximum atomic E-state index is 10.5. The van der Waals surface area contributed by atoms with Crippen LogP contribution in [-0.4, -0.2) is 16.1 Å². The number of aromatic nitrogens is 1. The summed E-state index contributed by atoms with van der Waals surface area (Å²) in [5.41, 5.74) is 3.14. The van der Waals surface area contributed by atoms with Crippen molar-refractivity contribution in [1.29, 1.82) is 0 Å². The van der Waals surface area contributed by atoms with Crippen molar-refractivity contribution >= 4 is 29.1 Å². The van der Waals surface area contributed by atoms with Crippen LogP contribution < -0.4 is 0 Å². The van der Waals surface area contributed by atoms with E-state index >= 15 is 0 Å². The molecule has 0 bridgehead atoms. The molecular weight excluding hydrogens is 266 g/mol. The van der Waals surface area contributed by atoms with Crippen molar-refractivity contribution in [3.8, 4) is 0 Å². The average Bonchev–Trinajstić information content (AvgIpc) is 2.75. The summed E-state index contributed by atoms with van der Waals surface area (Å²) in [5.74, 6) is 0.0238. The lowest BCUT2D eigenvalue weighted by Crippen LogP contribution is -1.99. The largest absolute Gasteiger partial charge is 0.481 e. The first-order chi connectivity index (χ1) is 8.63. The van der Waals surface area contributed by atoms with E-state index in [1.807, 2.05) is 5.38 Å². The maximum Gasteiger partial charge on any atom is 0.309 e. The van der Waals surface area contributed by atoms with Crippen LogP contribution in [0, 0.1) is 6.92 Å². The van der Waals surface area contributed by atoms with Gasteiger partial charge in [0.1, 0.15) is 4.34 Å². The molecule has 5 heteroatoms. The van der Waals surface area contributed by atoms with Crippen molar-refractivity contribution in [2.45, 2.75) is 23.4 Å². The molecule has 94 valence electrons. The minimum absolute atomic E-state index is 0.00158.